The molecule has 0 heterocycles. The first-order valence-electron chi connectivity index (χ1n) is 34.6. The molecule has 0 aromatic carbocycles. The van der Waals surface area contributed by atoms with E-state index in [1.165, 1.54) is 257 Å². The maximum atomic E-state index is 12.9. The molecule has 0 spiro atoms. The number of carbonyl (C=O) groups excluding carboxylic acids is 3. The Labute approximate surface area is 486 Å². The number of esters is 3. The van der Waals surface area contributed by atoms with E-state index in [0.29, 0.717) is 19.3 Å². The van der Waals surface area contributed by atoms with E-state index in [2.05, 4.69) is 69.4 Å². The van der Waals surface area contributed by atoms with Crippen LogP contribution in [0, 0.1) is 0 Å². The SMILES string of the molecule is CCC/C=C\CCCCCCCC(=O)OCC(COC(=O)CCCCCCCCCCCCCCCCCCC/C=C\C/C=C\CCCCCCC)OC(=O)CCCCCCCCCCC/C=C\CCCCCCCCCC. The van der Waals surface area contributed by atoms with E-state index in [1.807, 2.05) is 0 Å². The van der Waals surface area contributed by atoms with Crippen LogP contribution in [0.1, 0.15) is 374 Å². The third kappa shape index (κ3) is 64.2. The summed E-state index contributed by atoms with van der Waals surface area (Å²) in [6.45, 7) is 6.62. The Morgan fingerprint density at radius 1 is 0.256 bits per heavy atom. The molecule has 6 heteroatoms. The number of carbonyl (C=O) groups is 3. The Morgan fingerprint density at radius 3 is 0.769 bits per heavy atom. The molecule has 456 valence electrons. The summed E-state index contributed by atoms with van der Waals surface area (Å²) >= 11 is 0. The van der Waals surface area contributed by atoms with Gasteiger partial charge in [0.1, 0.15) is 13.2 Å². The van der Waals surface area contributed by atoms with Crippen LogP contribution in [0.25, 0.3) is 0 Å². The maximum Gasteiger partial charge on any atom is 0.306 e. The summed E-state index contributed by atoms with van der Waals surface area (Å²) in [7, 11) is 0. The normalized spacial score (nSPS) is 12.3. The van der Waals surface area contributed by atoms with Crippen molar-refractivity contribution >= 4 is 17.9 Å². The minimum absolute atomic E-state index is 0.0730. The molecule has 6 nitrogen and oxygen atoms in total. The van der Waals surface area contributed by atoms with Gasteiger partial charge < -0.3 is 14.2 Å². The molecule has 0 radical (unpaired) electrons. The molecule has 78 heavy (non-hydrogen) atoms. The molecular weight excluding hydrogens is 961 g/mol. The molecule has 0 aromatic rings. The van der Waals surface area contributed by atoms with E-state index < -0.39 is 6.10 Å². The smallest absolute Gasteiger partial charge is 0.306 e. The van der Waals surface area contributed by atoms with Crippen LogP contribution in [-0.4, -0.2) is 37.2 Å². The Bertz CT molecular complexity index is 1350. The topological polar surface area (TPSA) is 78.9 Å². The summed E-state index contributed by atoms with van der Waals surface area (Å²) in [5.74, 6) is -0.864. The fraction of sp³-hybridized carbons (Fsp3) is 0.847. The second kappa shape index (κ2) is 66.9. The predicted octanol–water partition coefficient (Wildman–Crippen LogP) is 23.7. The summed E-state index contributed by atoms with van der Waals surface area (Å²) in [4.78, 5) is 38.3. The monoisotopic (exact) mass is 1090 g/mol. The lowest BCUT2D eigenvalue weighted by Gasteiger charge is -2.18. The molecular formula is C72H132O6. The first kappa shape index (κ1) is 75.4. The third-order valence-corrected chi connectivity index (χ3v) is 15.5. The molecule has 0 fully saturated rings. The highest BCUT2D eigenvalue weighted by Gasteiger charge is 2.19. The van der Waals surface area contributed by atoms with Crippen LogP contribution in [0.3, 0.4) is 0 Å². The van der Waals surface area contributed by atoms with E-state index in [1.54, 1.807) is 0 Å². The van der Waals surface area contributed by atoms with Crippen molar-refractivity contribution in [1.29, 1.82) is 0 Å². The molecule has 0 amide bonds. The molecule has 0 aromatic heterocycles. The first-order chi connectivity index (χ1) is 38.5. The molecule has 1 atom stereocenters. The van der Waals surface area contributed by atoms with Gasteiger partial charge in [-0.2, -0.15) is 0 Å². The number of allylic oxidation sites excluding steroid dienone is 8. The van der Waals surface area contributed by atoms with Gasteiger partial charge in [0.2, 0.25) is 0 Å². The van der Waals surface area contributed by atoms with Crippen LogP contribution < -0.4 is 0 Å². The standard InChI is InChI=1S/C72H132O6/c1-4-7-10-13-16-19-22-24-26-28-30-32-33-34-35-36-37-38-39-41-42-44-46-48-50-53-56-59-62-65-71(74)77-68-69(67-76-70(73)64-61-58-55-52-21-18-15-12-9-6-3)78-72(75)66-63-60-57-54-51-49-47-45-43-40-31-29-27-25-23-20-17-14-11-8-5-2/h12,15,22,24,28-31,69H,4-11,13-14,16-21,23,25-27,32-68H2,1-3H3/b15-12-,24-22-,30-28-,31-29-. The Balaban J connectivity index is 4.14. The first-order valence-corrected chi connectivity index (χ1v) is 34.6. The minimum Gasteiger partial charge on any atom is -0.462 e. The minimum atomic E-state index is -0.776. The molecule has 0 aliphatic heterocycles. The number of hydrogen-bond acceptors (Lipinski definition) is 6. The Morgan fingerprint density at radius 2 is 0.487 bits per heavy atom. The van der Waals surface area contributed by atoms with Crippen LogP contribution >= 0.6 is 0 Å². The van der Waals surface area contributed by atoms with E-state index in [0.717, 1.165) is 77.0 Å². The maximum absolute atomic E-state index is 12.9. The molecule has 0 saturated carbocycles. The van der Waals surface area contributed by atoms with Crippen LogP contribution in [-0.2, 0) is 28.6 Å². The van der Waals surface area contributed by atoms with Crippen molar-refractivity contribution in [2.45, 2.75) is 380 Å². The largest absolute Gasteiger partial charge is 0.462 e. The highest BCUT2D eigenvalue weighted by molar-refractivity contribution is 5.71. The van der Waals surface area contributed by atoms with Crippen molar-refractivity contribution in [3.8, 4) is 0 Å². The average molecular weight is 1090 g/mol. The Kier molecular flexibility index (Phi) is 64.6. The highest BCUT2D eigenvalue weighted by Crippen LogP contribution is 2.18. The average Bonchev–Trinajstić information content (AvgIpc) is 3.44. The Hall–Kier alpha value is -2.63. The van der Waals surface area contributed by atoms with Gasteiger partial charge in [-0.3, -0.25) is 14.4 Å². The summed E-state index contributed by atoms with van der Waals surface area (Å²) in [6, 6.07) is 0. The number of rotatable bonds is 64. The van der Waals surface area contributed by atoms with E-state index in [4.69, 9.17) is 14.2 Å². The van der Waals surface area contributed by atoms with Crippen LogP contribution in [0.15, 0.2) is 48.6 Å². The molecule has 0 N–H and O–H groups in total. The van der Waals surface area contributed by atoms with Crippen molar-refractivity contribution < 1.29 is 28.6 Å². The lowest BCUT2D eigenvalue weighted by Crippen LogP contribution is -2.30. The van der Waals surface area contributed by atoms with Gasteiger partial charge in [-0.25, -0.2) is 0 Å². The summed E-state index contributed by atoms with van der Waals surface area (Å²) in [6.07, 6.45) is 84.4. The fourth-order valence-corrected chi connectivity index (χ4v) is 10.3. The molecule has 0 aliphatic rings. The zero-order chi connectivity index (χ0) is 56.4. The number of ether oxygens (including phenoxy) is 3. The summed E-state index contributed by atoms with van der Waals surface area (Å²) in [5.41, 5.74) is 0. The van der Waals surface area contributed by atoms with Gasteiger partial charge in [0.05, 0.1) is 0 Å². The van der Waals surface area contributed by atoms with Crippen LogP contribution in [0.4, 0.5) is 0 Å². The molecule has 0 saturated heterocycles. The van der Waals surface area contributed by atoms with Gasteiger partial charge in [0, 0.05) is 19.3 Å². The third-order valence-electron chi connectivity index (χ3n) is 15.5. The summed E-state index contributed by atoms with van der Waals surface area (Å²) < 4.78 is 16.9. The van der Waals surface area contributed by atoms with Gasteiger partial charge in [-0.15, -0.1) is 0 Å². The van der Waals surface area contributed by atoms with Crippen molar-refractivity contribution in [2.24, 2.45) is 0 Å². The van der Waals surface area contributed by atoms with Crippen molar-refractivity contribution in [3.63, 3.8) is 0 Å². The van der Waals surface area contributed by atoms with Crippen LogP contribution in [0.5, 0.6) is 0 Å². The van der Waals surface area contributed by atoms with Gasteiger partial charge in [0.15, 0.2) is 6.10 Å². The summed E-state index contributed by atoms with van der Waals surface area (Å²) in [5, 5.41) is 0. The number of unbranched alkanes of at least 4 members (excludes halogenated alkanes) is 45. The van der Waals surface area contributed by atoms with Gasteiger partial charge in [-0.1, -0.05) is 307 Å². The molecule has 1 unspecified atom stereocenters. The predicted molar refractivity (Wildman–Crippen MR) is 339 cm³/mol. The van der Waals surface area contributed by atoms with Crippen molar-refractivity contribution in [1.82, 2.24) is 0 Å². The quantitative estimate of drug-likeness (QED) is 0.0261. The zero-order valence-electron chi connectivity index (χ0n) is 52.5. The van der Waals surface area contributed by atoms with Crippen molar-refractivity contribution in [2.75, 3.05) is 13.2 Å². The van der Waals surface area contributed by atoms with E-state index in [9.17, 15) is 14.4 Å². The lowest BCUT2D eigenvalue weighted by atomic mass is 10.0. The van der Waals surface area contributed by atoms with Gasteiger partial charge >= 0.3 is 17.9 Å². The van der Waals surface area contributed by atoms with E-state index >= 15 is 0 Å². The molecule has 0 bridgehead atoms. The van der Waals surface area contributed by atoms with Crippen molar-refractivity contribution in [3.05, 3.63) is 48.6 Å². The van der Waals surface area contributed by atoms with Crippen LogP contribution in [0.2, 0.25) is 0 Å². The van der Waals surface area contributed by atoms with Gasteiger partial charge in [0.25, 0.3) is 0 Å². The number of hydrogen-bond donors (Lipinski definition) is 0. The van der Waals surface area contributed by atoms with E-state index in [-0.39, 0.29) is 31.1 Å². The lowest BCUT2D eigenvalue weighted by molar-refractivity contribution is -0.167. The van der Waals surface area contributed by atoms with Gasteiger partial charge in [-0.05, 0) is 96.3 Å². The fourth-order valence-electron chi connectivity index (χ4n) is 10.3. The molecule has 0 rings (SSSR count). The highest BCUT2D eigenvalue weighted by atomic mass is 16.6. The zero-order valence-corrected chi connectivity index (χ0v) is 52.5. The molecule has 0 aliphatic carbocycles. The second-order valence-corrected chi connectivity index (χ2v) is 23.4. The second-order valence-electron chi connectivity index (χ2n) is 23.4.